The SMILES string of the molecule is CC1CC1C(=O)N(CCc1ccccc1)C(C)C. The van der Waals surface area contributed by atoms with Gasteiger partial charge in [0.25, 0.3) is 0 Å². The van der Waals surface area contributed by atoms with Crippen LogP contribution in [0.25, 0.3) is 0 Å². The summed E-state index contributed by atoms with van der Waals surface area (Å²) in [4.78, 5) is 14.3. The molecule has 2 rings (SSSR count). The quantitative estimate of drug-likeness (QED) is 0.780. The van der Waals surface area contributed by atoms with Crippen molar-refractivity contribution in [1.29, 1.82) is 0 Å². The van der Waals surface area contributed by atoms with Crippen molar-refractivity contribution in [1.82, 2.24) is 4.90 Å². The van der Waals surface area contributed by atoms with E-state index in [0.29, 0.717) is 23.8 Å². The van der Waals surface area contributed by atoms with Gasteiger partial charge in [0.05, 0.1) is 0 Å². The first-order valence-corrected chi connectivity index (χ1v) is 6.94. The van der Waals surface area contributed by atoms with Crippen molar-refractivity contribution < 1.29 is 4.79 Å². The molecule has 2 atom stereocenters. The van der Waals surface area contributed by atoms with Crippen LogP contribution >= 0.6 is 0 Å². The normalized spacial score (nSPS) is 22.0. The van der Waals surface area contributed by atoms with Gasteiger partial charge in [-0.15, -0.1) is 0 Å². The molecule has 1 aromatic rings. The summed E-state index contributed by atoms with van der Waals surface area (Å²) in [6.45, 7) is 7.22. The minimum absolute atomic E-state index is 0.295. The highest BCUT2D eigenvalue weighted by molar-refractivity contribution is 5.81. The van der Waals surface area contributed by atoms with Crippen LogP contribution in [0.5, 0.6) is 0 Å². The molecule has 0 bridgehead atoms. The largest absolute Gasteiger partial charge is 0.340 e. The zero-order valence-corrected chi connectivity index (χ0v) is 11.6. The molecule has 0 spiro atoms. The molecule has 0 saturated heterocycles. The van der Waals surface area contributed by atoms with Crippen molar-refractivity contribution in [3.05, 3.63) is 35.9 Å². The van der Waals surface area contributed by atoms with Crippen LogP contribution in [0.2, 0.25) is 0 Å². The molecule has 2 heteroatoms. The zero-order chi connectivity index (χ0) is 13.1. The van der Waals surface area contributed by atoms with E-state index in [-0.39, 0.29) is 0 Å². The molecule has 1 saturated carbocycles. The molecule has 2 unspecified atom stereocenters. The smallest absolute Gasteiger partial charge is 0.226 e. The molecule has 0 aliphatic heterocycles. The molecule has 1 aromatic carbocycles. The van der Waals surface area contributed by atoms with E-state index in [2.05, 4.69) is 45.0 Å². The summed E-state index contributed by atoms with van der Waals surface area (Å²) in [5.41, 5.74) is 1.31. The summed E-state index contributed by atoms with van der Waals surface area (Å²) in [6.07, 6.45) is 2.03. The molecular formula is C16H23NO. The average Bonchev–Trinajstić information content (AvgIpc) is 3.07. The summed E-state index contributed by atoms with van der Waals surface area (Å²) >= 11 is 0. The van der Waals surface area contributed by atoms with Gasteiger partial charge in [0, 0.05) is 18.5 Å². The van der Waals surface area contributed by atoms with Gasteiger partial charge in [-0.1, -0.05) is 37.3 Å². The van der Waals surface area contributed by atoms with Crippen molar-refractivity contribution in [2.75, 3.05) is 6.54 Å². The van der Waals surface area contributed by atoms with Crippen LogP contribution in [-0.2, 0) is 11.2 Å². The molecule has 0 N–H and O–H groups in total. The van der Waals surface area contributed by atoms with E-state index < -0.39 is 0 Å². The molecule has 1 amide bonds. The van der Waals surface area contributed by atoms with E-state index in [4.69, 9.17) is 0 Å². The summed E-state index contributed by atoms with van der Waals surface area (Å²) in [5, 5.41) is 0. The second kappa shape index (κ2) is 5.55. The van der Waals surface area contributed by atoms with Gasteiger partial charge in [-0.25, -0.2) is 0 Å². The van der Waals surface area contributed by atoms with E-state index in [9.17, 15) is 4.79 Å². The third-order valence-corrected chi connectivity index (χ3v) is 3.82. The van der Waals surface area contributed by atoms with Crippen molar-refractivity contribution in [3.63, 3.8) is 0 Å². The van der Waals surface area contributed by atoms with E-state index in [1.807, 2.05) is 11.0 Å². The lowest BCUT2D eigenvalue weighted by molar-refractivity contribution is -0.134. The summed E-state index contributed by atoms with van der Waals surface area (Å²) < 4.78 is 0. The third-order valence-electron chi connectivity index (χ3n) is 3.82. The predicted octanol–water partition coefficient (Wildman–Crippen LogP) is 3.12. The third kappa shape index (κ3) is 3.12. The van der Waals surface area contributed by atoms with Crippen molar-refractivity contribution in [2.24, 2.45) is 11.8 Å². The van der Waals surface area contributed by atoms with Crippen molar-refractivity contribution in [2.45, 2.75) is 39.7 Å². The number of rotatable bonds is 5. The number of hydrogen-bond acceptors (Lipinski definition) is 1. The van der Waals surface area contributed by atoms with Gasteiger partial charge in [0.1, 0.15) is 0 Å². The minimum Gasteiger partial charge on any atom is -0.340 e. The highest BCUT2D eigenvalue weighted by Gasteiger charge is 2.41. The molecule has 0 heterocycles. The second-order valence-corrected chi connectivity index (χ2v) is 5.68. The van der Waals surface area contributed by atoms with Crippen molar-refractivity contribution >= 4 is 5.91 Å². The molecule has 1 aliphatic carbocycles. The number of carbonyl (C=O) groups is 1. The van der Waals surface area contributed by atoms with Crippen molar-refractivity contribution in [3.8, 4) is 0 Å². The zero-order valence-electron chi connectivity index (χ0n) is 11.6. The number of amides is 1. The Kier molecular flexibility index (Phi) is 4.05. The summed E-state index contributed by atoms with van der Waals surface area (Å²) in [7, 11) is 0. The molecule has 1 aliphatic rings. The number of carbonyl (C=O) groups excluding carboxylic acids is 1. The lowest BCUT2D eigenvalue weighted by atomic mass is 10.1. The van der Waals surface area contributed by atoms with Gasteiger partial charge in [-0.3, -0.25) is 4.79 Å². The first kappa shape index (κ1) is 13.1. The van der Waals surface area contributed by atoms with Crippen LogP contribution < -0.4 is 0 Å². The van der Waals surface area contributed by atoms with Crippen LogP contribution in [0.15, 0.2) is 30.3 Å². The molecule has 0 radical (unpaired) electrons. The van der Waals surface area contributed by atoms with Gasteiger partial charge in [-0.2, -0.15) is 0 Å². The minimum atomic E-state index is 0.295. The fourth-order valence-electron chi connectivity index (χ4n) is 2.40. The van der Waals surface area contributed by atoms with Gasteiger partial charge in [0.15, 0.2) is 0 Å². The summed E-state index contributed by atoms with van der Waals surface area (Å²) in [6, 6.07) is 10.7. The van der Waals surface area contributed by atoms with E-state index in [1.54, 1.807) is 0 Å². The Labute approximate surface area is 110 Å². The van der Waals surface area contributed by atoms with Gasteiger partial charge in [0.2, 0.25) is 5.91 Å². The molecule has 98 valence electrons. The van der Waals surface area contributed by atoms with Crippen LogP contribution in [0, 0.1) is 11.8 Å². The highest BCUT2D eigenvalue weighted by Crippen LogP contribution is 2.39. The van der Waals surface area contributed by atoms with Crippen LogP contribution in [0.4, 0.5) is 0 Å². The lowest BCUT2D eigenvalue weighted by Gasteiger charge is -2.27. The number of hydrogen-bond donors (Lipinski definition) is 0. The Balaban J connectivity index is 1.93. The number of nitrogens with zero attached hydrogens (tertiary/aromatic N) is 1. The molecule has 0 aromatic heterocycles. The Hall–Kier alpha value is -1.31. The molecular weight excluding hydrogens is 222 g/mol. The maximum absolute atomic E-state index is 12.3. The predicted molar refractivity (Wildman–Crippen MR) is 74.3 cm³/mol. The average molecular weight is 245 g/mol. The van der Waals surface area contributed by atoms with Gasteiger partial charge >= 0.3 is 0 Å². The van der Waals surface area contributed by atoms with Crippen LogP contribution in [0.1, 0.15) is 32.8 Å². The standard InChI is InChI=1S/C16H23NO/c1-12(2)17(16(18)15-11-13(15)3)10-9-14-7-5-4-6-8-14/h4-8,12-13,15H,9-11H2,1-3H3. The topological polar surface area (TPSA) is 20.3 Å². The lowest BCUT2D eigenvalue weighted by Crippen LogP contribution is -2.39. The van der Waals surface area contributed by atoms with Gasteiger partial charge < -0.3 is 4.90 Å². The van der Waals surface area contributed by atoms with E-state index >= 15 is 0 Å². The fourth-order valence-corrected chi connectivity index (χ4v) is 2.40. The van der Waals surface area contributed by atoms with E-state index in [1.165, 1.54) is 5.56 Å². The number of benzene rings is 1. The van der Waals surface area contributed by atoms with Crippen LogP contribution in [-0.4, -0.2) is 23.4 Å². The Bertz CT molecular complexity index is 399. The Morgan fingerprint density at radius 3 is 2.44 bits per heavy atom. The monoisotopic (exact) mass is 245 g/mol. The first-order valence-electron chi connectivity index (χ1n) is 6.94. The molecule has 1 fully saturated rings. The highest BCUT2D eigenvalue weighted by atomic mass is 16.2. The maximum atomic E-state index is 12.3. The molecule has 2 nitrogen and oxygen atoms in total. The Morgan fingerprint density at radius 1 is 1.33 bits per heavy atom. The second-order valence-electron chi connectivity index (χ2n) is 5.68. The summed E-state index contributed by atoms with van der Waals surface area (Å²) in [5.74, 6) is 1.24. The Morgan fingerprint density at radius 2 is 1.94 bits per heavy atom. The van der Waals surface area contributed by atoms with E-state index in [0.717, 1.165) is 19.4 Å². The fraction of sp³-hybridized carbons (Fsp3) is 0.562. The first-order chi connectivity index (χ1) is 8.59. The molecule has 18 heavy (non-hydrogen) atoms. The van der Waals surface area contributed by atoms with Crippen LogP contribution in [0.3, 0.4) is 0 Å². The maximum Gasteiger partial charge on any atom is 0.226 e. The van der Waals surface area contributed by atoms with Gasteiger partial charge in [-0.05, 0) is 38.2 Å².